The third kappa shape index (κ3) is 3.31. The van der Waals surface area contributed by atoms with E-state index in [0.29, 0.717) is 5.56 Å². The van der Waals surface area contributed by atoms with Gasteiger partial charge in [-0.05, 0) is 42.3 Å². The molecule has 2 rings (SSSR count). The summed E-state index contributed by atoms with van der Waals surface area (Å²) < 4.78 is 18.9. The first-order valence-corrected chi connectivity index (χ1v) is 5.84. The summed E-state index contributed by atoms with van der Waals surface area (Å²) in [6.45, 7) is 2.10. The van der Waals surface area contributed by atoms with Crippen LogP contribution in [-0.2, 0) is 6.61 Å². The second kappa shape index (κ2) is 5.52. The molecule has 3 nitrogen and oxygen atoms in total. The van der Waals surface area contributed by atoms with E-state index in [0.717, 1.165) is 11.1 Å². The van der Waals surface area contributed by atoms with E-state index in [1.807, 2.05) is 6.92 Å². The normalized spacial score (nSPS) is 10.2. The fourth-order valence-corrected chi connectivity index (χ4v) is 1.65. The number of hydrogen-bond acceptors (Lipinski definition) is 2. The van der Waals surface area contributed by atoms with Crippen molar-refractivity contribution in [1.29, 1.82) is 0 Å². The molecule has 1 amide bonds. The predicted molar refractivity (Wildman–Crippen MR) is 70.4 cm³/mol. The predicted octanol–water partition coefficient (Wildman–Crippen LogP) is 2.81. The molecule has 0 bridgehead atoms. The minimum Gasteiger partial charge on any atom is -0.486 e. The number of aryl methyl sites for hydroxylation is 1. The second-order valence-electron chi connectivity index (χ2n) is 4.28. The molecule has 19 heavy (non-hydrogen) atoms. The lowest BCUT2D eigenvalue weighted by Crippen LogP contribution is -2.10. The molecule has 0 aliphatic rings. The van der Waals surface area contributed by atoms with Crippen LogP contribution >= 0.6 is 0 Å². The van der Waals surface area contributed by atoms with Gasteiger partial charge in [0.15, 0.2) is 11.6 Å². The van der Waals surface area contributed by atoms with Crippen LogP contribution in [0.25, 0.3) is 0 Å². The lowest BCUT2D eigenvalue weighted by molar-refractivity contribution is 0.1000. The van der Waals surface area contributed by atoms with Gasteiger partial charge in [-0.15, -0.1) is 0 Å². The lowest BCUT2D eigenvalue weighted by Gasteiger charge is -2.08. The lowest BCUT2D eigenvalue weighted by atomic mass is 10.1. The van der Waals surface area contributed by atoms with Crippen LogP contribution in [0, 0.1) is 12.7 Å². The molecule has 0 fully saturated rings. The Balaban J connectivity index is 2.06. The molecule has 2 N–H and O–H groups in total. The quantitative estimate of drug-likeness (QED) is 0.917. The van der Waals surface area contributed by atoms with Gasteiger partial charge in [0.1, 0.15) is 6.61 Å². The van der Waals surface area contributed by atoms with Gasteiger partial charge in [0.2, 0.25) is 5.91 Å². The van der Waals surface area contributed by atoms with E-state index in [1.165, 1.54) is 6.07 Å². The maximum absolute atomic E-state index is 13.5. The minimum atomic E-state index is -0.475. The Labute approximate surface area is 110 Å². The fourth-order valence-electron chi connectivity index (χ4n) is 1.65. The Bertz CT molecular complexity index is 594. The second-order valence-corrected chi connectivity index (χ2v) is 4.28. The molecule has 0 atom stereocenters. The Kier molecular flexibility index (Phi) is 3.80. The highest BCUT2D eigenvalue weighted by molar-refractivity contribution is 5.92. The van der Waals surface area contributed by atoms with Crippen molar-refractivity contribution in [2.45, 2.75) is 13.5 Å². The first-order chi connectivity index (χ1) is 9.06. The zero-order chi connectivity index (χ0) is 13.8. The summed E-state index contributed by atoms with van der Waals surface area (Å²) in [6, 6.07) is 11.4. The van der Waals surface area contributed by atoms with Gasteiger partial charge in [-0.2, -0.15) is 0 Å². The van der Waals surface area contributed by atoms with E-state index in [-0.39, 0.29) is 18.2 Å². The Hall–Kier alpha value is -2.36. The van der Waals surface area contributed by atoms with Crippen LogP contribution in [0.5, 0.6) is 5.75 Å². The summed E-state index contributed by atoms with van der Waals surface area (Å²) in [7, 11) is 0. The van der Waals surface area contributed by atoms with Gasteiger partial charge in [0, 0.05) is 5.56 Å². The average molecular weight is 259 g/mol. The van der Waals surface area contributed by atoms with Crippen molar-refractivity contribution in [2.75, 3.05) is 0 Å². The third-order valence-corrected chi connectivity index (χ3v) is 2.72. The molecule has 98 valence electrons. The van der Waals surface area contributed by atoms with E-state index < -0.39 is 5.91 Å². The standard InChI is InChI=1S/C15H14FNO2/c1-10-2-7-13(16)14(8-10)19-9-11-3-5-12(6-4-11)15(17)18/h2-8H,9H2,1H3,(H2,17,18). The monoisotopic (exact) mass is 259 g/mol. The highest BCUT2D eigenvalue weighted by atomic mass is 19.1. The Morgan fingerprint density at radius 1 is 1.21 bits per heavy atom. The van der Waals surface area contributed by atoms with Gasteiger partial charge < -0.3 is 10.5 Å². The van der Waals surface area contributed by atoms with Crippen molar-refractivity contribution in [3.63, 3.8) is 0 Å². The van der Waals surface area contributed by atoms with Crippen molar-refractivity contribution in [1.82, 2.24) is 0 Å². The van der Waals surface area contributed by atoms with Crippen molar-refractivity contribution < 1.29 is 13.9 Å². The van der Waals surface area contributed by atoms with E-state index in [4.69, 9.17) is 10.5 Å². The summed E-state index contributed by atoms with van der Waals surface area (Å²) in [6.07, 6.45) is 0. The highest BCUT2D eigenvalue weighted by Gasteiger charge is 2.04. The summed E-state index contributed by atoms with van der Waals surface area (Å²) in [4.78, 5) is 10.9. The number of primary amides is 1. The first kappa shape index (κ1) is 13.1. The topological polar surface area (TPSA) is 52.3 Å². The summed E-state index contributed by atoms with van der Waals surface area (Å²) in [5.41, 5.74) is 7.35. The number of ether oxygens (including phenoxy) is 1. The molecule has 2 aromatic rings. The molecule has 0 saturated heterocycles. The maximum Gasteiger partial charge on any atom is 0.248 e. The van der Waals surface area contributed by atoms with Crippen LogP contribution in [0.2, 0.25) is 0 Å². The van der Waals surface area contributed by atoms with Crippen molar-refractivity contribution in [3.8, 4) is 5.75 Å². The molecule has 0 saturated carbocycles. The van der Waals surface area contributed by atoms with E-state index in [2.05, 4.69) is 0 Å². The van der Waals surface area contributed by atoms with Gasteiger partial charge in [0.25, 0.3) is 0 Å². The summed E-state index contributed by atoms with van der Waals surface area (Å²) >= 11 is 0. The molecule has 2 aromatic carbocycles. The number of amides is 1. The summed E-state index contributed by atoms with van der Waals surface area (Å²) in [5.74, 6) is -0.643. The van der Waals surface area contributed by atoms with Gasteiger partial charge in [-0.1, -0.05) is 18.2 Å². The molecule has 0 heterocycles. The van der Waals surface area contributed by atoms with Gasteiger partial charge in [-0.25, -0.2) is 4.39 Å². The fraction of sp³-hybridized carbons (Fsp3) is 0.133. The zero-order valence-corrected chi connectivity index (χ0v) is 10.5. The molecule has 0 unspecified atom stereocenters. The largest absolute Gasteiger partial charge is 0.486 e. The number of carbonyl (C=O) groups is 1. The van der Waals surface area contributed by atoms with Crippen molar-refractivity contribution in [3.05, 3.63) is 65.0 Å². The Morgan fingerprint density at radius 2 is 1.89 bits per heavy atom. The van der Waals surface area contributed by atoms with Gasteiger partial charge >= 0.3 is 0 Å². The third-order valence-electron chi connectivity index (χ3n) is 2.72. The smallest absolute Gasteiger partial charge is 0.248 e. The molecule has 0 spiro atoms. The number of carbonyl (C=O) groups excluding carboxylic acids is 1. The molecule has 0 aliphatic carbocycles. The Morgan fingerprint density at radius 3 is 2.53 bits per heavy atom. The van der Waals surface area contributed by atoms with E-state index >= 15 is 0 Å². The van der Waals surface area contributed by atoms with Gasteiger partial charge in [-0.3, -0.25) is 4.79 Å². The summed E-state index contributed by atoms with van der Waals surface area (Å²) in [5, 5.41) is 0. The minimum absolute atomic E-state index is 0.221. The van der Waals surface area contributed by atoms with Crippen molar-refractivity contribution in [2.24, 2.45) is 5.73 Å². The van der Waals surface area contributed by atoms with Crippen LogP contribution in [0.1, 0.15) is 21.5 Å². The zero-order valence-electron chi connectivity index (χ0n) is 10.5. The molecular weight excluding hydrogens is 245 g/mol. The number of benzene rings is 2. The number of halogens is 1. The molecular formula is C15H14FNO2. The van der Waals surface area contributed by atoms with Crippen LogP contribution in [0.15, 0.2) is 42.5 Å². The van der Waals surface area contributed by atoms with E-state index in [9.17, 15) is 9.18 Å². The highest BCUT2D eigenvalue weighted by Crippen LogP contribution is 2.19. The molecule has 4 heteroatoms. The molecule has 0 radical (unpaired) electrons. The van der Waals surface area contributed by atoms with Crippen LogP contribution < -0.4 is 10.5 Å². The maximum atomic E-state index is 13.5. The van der Waals surface area contributed by atoms with Crippen LogP contribution in [-0.4, -0.2) is 5.91 Å². The average Bonchev–Trinajstić information content (AvgIpc) is 2.40. The van der Waals surface area contributed by atoms with E-state index in [1.54, 1.807) is 36.4 Å². The van der Waals surface area contributed by atoms with Crippen LogP contribution in [0.4, 0.5) is 4.39 Å². The number of hydrogen-bond donors (Lipinski definition) is 1. The number of rotatable bonds is 4. The molecule has 0 aromatic heterocycles. The molecule has 0 aliphatic heterocycles. The number of nitrogens with two attached hydrogens (primary N) is 1. The van der Waals surface area contributed by atoms with Gasteiger partial charge in [0.05, 0.1) is 0 Å². The SMILES string of the molecule is Cc1ccc(F)c(OCc2ccc(C(N)=O)cc2)c1. The van der Waals surface area contributed by atoms with Crippen LogP contribution in [0.3, 0.4) is 0 Å². The van der Waals surface area contributed by atoms with Crippen molar-refractivity contribution >= 4 is 5.91 Å². The first-order valence-electron chi connectivity index (χ1n) is 5.84.